The van der Waals surface area contributed by atoms with Crippen molar-refractivity contribution in [2.45, 2.75) is 18.9 Å². The lowest BCUT2D eigenvalue weighted by atomic mass is 9.75. The molecule has 0 saturated carbocycles. The van der Waals surface area contributed by atoms with Crippen LogP contribution in [-0.4, -0.2) is 86.1 Å². The van der Waals surface area contributed by atoms with Gasteiger partial charge in [-0.2, -0.15) is 0 Å². The summed E-state index contributed by atoms with van der Waals surface area (Å²) in [7, 11) is 2.22. The van der Waals surface area contributed by atoms with Gasteiger partial charge in [0.2, 0.25) is 0 Å². The summed E-state index contributed by atoms with van der Waals surface area (Å²) in [6.07, 6.45) is 4.09. The number of hydrogen-bond donors (Lipinski definition) is 1. The van der Waals surface area contributed by atoms with E-state index in [0.29, 0.717) is 11.8 Å². The Hall–Kier alpha value is -1.37. The smallest absolute Gasteiger partial charge is 0.287 e. The summed E-state index contributed by atoms with van der Waals surface area (Å²) in [5.74, 6) is 1.93. The molecule has 1 aromatic rings. The van der Waals surface area contributed by atoms with Crippen molar-refractivity contribution in [2.24, 2.45) is 11.8 Å². The van der Waals surface area contributed by atoms with Crippen LogP contribution in [0, 0.1) is 11.8 Å². The first kappa shape index (κ1) is 17.1. The van der Waals surface area contributed by atoms with Crippen molar-refractivity contribution in [2.75, 3.05) is 59.4 Å². The van der Waals surface area contributed by atoms with Crippen LogP contribution in [0.4, 0.5) is 0 Å². The van der Waals surface area contributed by atoms with Gasteiger partial charge in [0.05, 0.1) is 6.26 Å². The van der Waals surface area contributed by atoms with Gasteiger partial charge < -0.3 is 19.5 Å². The summed E-state index contributed by atoms with van der Waals surface area (Å²) in [6, 6.07) is 3.96. The maximum Gasteiger partial charge on any atom is 0.287 e. The standard InChI is InChI=1S/C19H30N4O2/c1-21-6-8-22(9-7-21)13-16-14-23-5-4-15(16)11-17(23)12-20-19(24)18-3-2-10-25-18/h2-3,10,15-17H,4-9,11-14H2,1H3,(H,20,24)/t15-,16-,17+/m0/s1. The summed E-state index contributed by atoms with van der Waals surface area (Å²) in [6.45, 7) is 9.18. The van der Waals surface area contributed by atoms with E-state index in [2.05, 4.69) is 27.1 Å². The first-order valence-electron chi connectivity index (χ1n) is 9.65. The van der Waals surface area contributed by atoms with Crippen molar-refractivity contribution < 1.29 is 9.21 Å². The number of nitrogens with one attached hydrogen (secondary N) is 1. The van der Waals surface area contributed by atoms with Gasteiger partial charge in [0, 0.05) is 51.9 Å². The summed E-state index contributed by atoms with van der Waals surface area (Å²) >= 11 is 0. The van der Waals surface area contributed by atoms with Crippen molar-refractivity contribution in [3.63, 3.8) is 0 Å². The Morgan fingerprint density at radius 3 is 2.80 bits per heavy atom. The van der Waals surface area contributed by atoms with Crippen LogP contribution in [0.2, 0.25) is 0 Å². The minimum atomic E-state index is -0.0957. The van der Waals surface area contributed by atoms with E-state index < -0.39 is 0 Å². The number of piperidine rings is 3. The molecule has 138 valence electrons. The Balaban J connectivity index is 1.26. The van der Waals surface area contributed by atoms with Crippen LogP contribution in [0.25, 0.3) is 0 Å². The van der Waals surface area contributed by atoms with Gasteiger partial charge in [-0.05, 0) is 50.4 Å². The van der Waals surface area contributed by atoms with Crippen LogP contribution in [0.5, 0.6) is 0 Å². The molecular formula is C19H30N4O2. The van der Waals surface area contributed by atoms with Crippen LogP contribution in [0.1, 0.15) is 23.4 Å². The molecule has 1 N–H and O–H groups in total. The highest BCUT2D eigenvalue weighted by molar-refractivity contribution is 5.91. The number of carbonyl (C=O) groups excluding carboxylic acids is 1. The zero-order valence-corrected chi connectivity index (χ0v) is 15.2. The van der Waals surface area contributed by atoms with E-state index in [-0.39, 0.29) is 5.91 Å². The monoisotopic (exact) mass is 346 g/mol. The Morgan fingerprint density at radius 1 is 1.28 bits per heavy atom. The van der Waals surface area contributed by atoms with Gasteiger partial charge in [0.25, 0.3) is 5.91 Å². The third-order valence-corrected chi connectivity index (χ3v) is 6.35. The van der Waals surface area contributed by atoms with Crippen molar-refractivity contribution in [1.29, 1.82) is 0 Å². The van der Waals surface area contributed by atoms with E-state index in [1.165, 1.54) is 58.7 Å². The van der Waals surface area contributed by atoms with Crippen LogP contribution in [0.15, 0.2) is 22.8 Å². The second-order valence-corrected chi connectivity index (χ2v) is 7.98. The van der Waals surface area contributed by atoms with Gasteiger partial charge >= 0.3 is 0 Å². The molecular weight excluding hydrogens is 316 g/mol. The van der Waals surface area contributed by atoms with Gasteiger partial charge in [0.1, 0.15) is 0 Å². The highest BCUT2D eigenvalue weighted by atomic mass is 16.3. The van der Waals surface area contributed by atoms with Crippen molar-refractivity contribution in [3.05, 3.63) is 24.2 Å². The fraction of sp³-hybridized carbons (Fsp3) is 0.737. The molecule has 1 amide bonds. The first-order valence-corrected chi connectivity index (χ1v) is 9.65. The Bertz CT molecular complexity index is 568. The predicted octanol–water partition coefficient (Wildman–Crippen LogP) is 0.967. The number of hydrogen-bond acceptors (Lipinski definition) is 5. The molecule has 6 nitrogen and oxygen atoms in total. The second kappa shape index (κ2) is 7.48. The average Bonchev–Trinajstić information content (AvgIpc) is 3.17. The maximum atomic E-state index is 12.1. The van der Waals surface area contributed by atoms with E-state index in [1.54, 1.807) is 18.4 Å². The molecule has 1 unspecified atom stereocenters. The summed E-state index contributed by atoms with van der Waals surface area (Å²) in [5, 5.41) is 3.05. The molecule has 0 aromatic carbocycles. The molecule has 2 bridgehead atoms. The van der Waals surface area contributed by atoms with Gasteiger partial charge in [-0.15, -0.1) is 0 Å². The fourth-order valence-corrected chi connectivity index (χ4v) is 4.74. The zero-order valence-electron chi connectivity index (χ0n) is 15.2. The number of rotatable bonds is 5. The van der Waals surface area contributed by atoms with Crippen molar-refractivity contribution >= 4 is 5.91 Å². The van der Waals surface area contributed by atoms with Crippen molar-refractivity contribution in [3.8, 4) is 0 Å². The molecule has 4 fully saturated rings. The molecule has 1 aromatic heterocycles. The number of piperazine rings is 1. The quantitative estimate of drug-likeness (QED) is 0.861. The molecule has 4 atom stereocenters. The number of furan rings is 1. The second-order valence-electron chi connectivity index (χ2n) is 7.98. The topological polar surface area (TPSA) is 52.0 Å². The highest BCUT2D eigenvalue weighted by Crippen LogP contribution is 2.36. The lowest BCUT2D eigenvalue weighted by molar-refractivity contribution is -0.0161. The Labute approximate surface area is 150 Å². The molecule has 6 heteroatoms. The SMILES string of the molecule is CN1CCN(C[C@H]2CN3CC[C@H]2C[C@@H]3CNC(=O)c2ccco2)CC1. The lowest BCUT2D eigenvalue weighted by Crippen LogP contribution is -2.59. The number of amides is 1. The molecule has 4 saturated heterocycles. The average molecular weight is 346 g/mol. The number of nitrogens with zero attached hydrogens (tertiary/aromatic N) is 3. The molecule has 25 heavy (non-hydrogen) atoms. The van der Waals surface area contributed by atoms with E-state index in [9.17, 15) is 4.79 Å². The van der Waals surface area contributed by atoms with Crippen LogP contribution in [0.3, 0.4) is 0 Å². The molecule has 4 aliphatic heterocycles. The van der Waals surface area contributed by atoms with E-state index >= 15 is 0 Å². The third kappa shape index (κ3) is 3.91. The summed E-state index contributed by atoms with van der Waals surface area (Å²) in [5.41, 5.74) is 0. The van der Waals surface area contributed by atoms with Gasteiger partial charge in [0.15, 0.2) is 5.76 Å². The highest BCUT2D eigenvalue weighted by Gasteiger charge is 2.40. The molecule has 4 aliphatic rings. The zero-order chi connectivity index (χ0) is 17.2. The summed E-state index contributed by atoms with van der Waals surface area (Å²) < 4.78 is 5.17. The number of likely N-dealkylation sites (N-methyl/N-ethyl adjacent to an activating group) is 1. The largest absolute Gasteiger partial charge is 0.459 e. The molecule has 5 heterocycles. The van der Waals surface area contributed by atoms with Gasteiger partial charge in [-0.3, -0.25) is 9.69 Å². The molecule has 0 spiro atoms. The van der Waals surface area contributed by atoms with Crippen LogP contribution >= 0.6 is 0 Å². The minimum Gasteiger partial charge on any atom is -0.459 e. The first-order chi connectivity index (χ1) is 12.2. The van der Waals surface area contributed by atoms with E-state index in [4.69, 9.17) is 4.42 Å². The Kier molecular flexibility index (Phi) is 5.10. The minimum absolute atomic E-state index is 0.0957. The van der Waals surface area contributed by atoms with E-state index in [1.807, 2.05) is 0 Å². The predicted molar refractivity (Wildman–Crippen MR) is 96.6 cm³/mol. The normalized spacial score (nSPS) is 33.5. The molecule has 5 rings (SSSR count). The van der Waals surface area contributed by atoms with Gasteiger partial charge in [-0.25, -0.2) is 0 Å². The third-order valence-electron chi connectivity index (χ3n) is 6.35. The summed E-state index contributed by atoms with van der Waals surface area (Å²) in [4.78, 5) is 19.7. The van der Waals surface area contributed by atoms with Crippen LogP contribution < -0.4 is 5.32 Å². The van der Waals surface area contributed by atoms with E-state index in [0.717, 1.165) is 18.4 Å². The van der Waals surface area contributed by atoms with Gasteiger partial charge in [-0.1, -0.05) is 0 Å². The fourth-order valence-electron chi connectivity index (χ4n) is 4.74. The lowest BCUT2D eigenvalue weighted by Gasteiger charge is -2.51. The Morgan fingerprint density at radius 2 is 2.12 bits per heavy atom. The van der Waals surface area contributed by atoms with Crippen molar-refractivity contribution in [1.82, 2.24) is 20.0 Å². The molecule has 0 radical (unpaired) electrons. The molecule has 0 aliphatic carbocycles. The number of fused-ring (bicyclic) bond motifs is 3. The maximum absolute atomic E-state index is 12.1. The van der Waals surface area contributed by atoms with Crippen LogP contribution in [-0.2, 0) is 0 Å². The number of carbonyl (C=O) groups is 1.